The lowest BCUT2D eigenvalue weighted by atomic mass is 10.0. The number of nitrogens with zero attached hydrogens (tertiary/aromatic N) is 2. The predicted octanol–water partition coefficient (Wildman–Crippen LogP) is 2.45. The van der Waals surface area contributed by atoms with Gasteiger partial charge in [-0.1, -0.05) is 36.8 Å². The maximum atomic E-state index is 12.7. The van der Waals surface area contributed by atoms with Crippen molar-refractivity contribution in [2.75, 3.05) is 33.4 Å². The Morgan fingerprint density at radius 2 is 1.92 bits per heavy atom. The highest BCUT2D eigenvalue weighted by atomic mass is 16.5. The van der Waals surface area contributed by atoms with Gasteiger partial charge >= 0.3 is 0 Å². The Bertz CT molecular complexity index is 719. The van der Waals surface area contributed by atoms with Gasteiger partial charge in [-0.2, -0.15) is 0 Å². The summed E-state index contributed by atoms with van der Waals surface area (Å²) < 4.78 is 5.90. The number of carbonyl (C=O) groups is 1. The Kier molecular flexibility index (Phi) is 5.89. The number of hydrogen-bond acceptors (Lipinski definition) is 4. The predicted molar refractivity (Wildman–Crippen MR) is 100 cm³/mol. The minimum absolute atomic E-state index is 0.0551. The van der Waals surface area contributed by atoms with E-state index in [0.717, 1.165) is 36.9 Å². The van der Waals surface area contributed by atoms with Crippen LogP contribution in [0.2, 0.25) is 0 Å². The van der Waals surface area contributed by atoms with Crippen molar-refractivity contribution in [1.82, 2.24) is 9.80 Å². The maximum Gasteiger partial charge on any atom is 0.242 e. The Labute approximate surface area is 149 Å². The molecule has 2 N–H and O–H groups in total. The third kappa shape index (κ3) is 4.30. The molecule has 3 rings (SSSR count). The maximum absolute atomic E-state index is 12.7. The summed E-state index contributed by atoms with van der Waals surface area (Å²) in [6, 6.07) is 14.2. The van der Waals surface area contributed by atoms with Gasteiger partial charge in [-0.05, 0) is 49.3 Å². The van der Waals surface area contributed by atoms with E-state index in [0.29, 0.717) is 19.8 Å². The van der Waals surface area contributed by atoms with E-state index in [-0.39, 0.29) is 11.9 Å². The number of amides is 1. The van der Waals surface area contributed by atoms with Crippen LogP contribution in [-0.2, 0) is 4.79 Å². The first-order valence-electron chi connectivity index (χ1n) is 9.00. The molecule has 1 atom stereocenters. The van der Waals surface area contributed by atoms with Crippen LogP contribution in [-0.4, -0.2) is 55.2 Å². The van der Waals surface area contributed by atoms with Gasteiger partial charge < -0.3 is 15.4 Å². The van der Waals surface area contributed by atoms with Gasteiger partial charge in [0, 0.05) is 13.1 Å². The SMILES string of the molecule is CN1CCN(COc2ccc3ccccc3c2)C(=O)[C@@H]1CCCCN. The molecule has 25 heavy (non-hydrogen) atoms. The van der Waals surface area contributed by atoms with Crippen molar-refractivity contribution in [3.63, 3.8) is 0 Å². The second kappa shape index (κ2) is 8.32. The number of ether oxygens (including phenoxy) is 1. The molecule has 1 aliphatic heterocycles. The number of benzene rings is 2. The zero-order valence-electron chi connectivity index (χ0n) is 14.9. The number of piperazine rings is 1. The first-order chi connectivity index (χ1) is 12.2. The summed E-state index contributed by atoms with van der Waals surface area (Å²) in [5.74, 6) is 0.955. The molecule has 0 bridgehead atoms. The number of fused-ring (bicyclic) bond motifs is 1. The van der Waals surface area contributed by atoms with E-state index in [1.807, 2.05) is 42.3 Å². The van der Waals surface area contributed by atoms with E-state index in [4.69, 9.17) is 10.5 Å². The second-order valence-corrected chi connectivity index (χ2v) is 6.66. The van der Waals surface area contributed by atoms with Crippen LogP contribution < -0.4 is 10.5 Å². The fourth-order valence-corrected chi connectivity index (χ4v) is 3.31. The molecule has 2 aromatic rings. The second-order valence-electron chi connectivity index (χ2n) is 6.66. The number of carbonyl (C=O) groups excluding carboxylic acids is 1. The van der Waals surface area contributed by atoms with Gasteiger partial charge in [-0.3, -0.25) is 9.69 Å². The average molecular weight is 341 g/mol. The molecule has 0 unspecified atom stereocenters. The van der Waals surface area contributed by atoms with Crippen molar-refractivity contribution in [3.8, 4) is 5.75 Å². The molecule has 1 fully saturated rings. The van der Waals surface area contributed by atoms with Gasteiger partial charge in [0.25, 0.3) is 0 Å². The molecule has 1 saturated heterocycles. The monoisotopic (exact) mass is 341 g/mol. The van der Waals surface area contributed by atoms with Crippen LogP contribution in [0.3, 0.4) is 0 Å². The lowest BCUT2D eigenvalue weighted by Crippen LogP contribution is -2.56. The first-order valence-corrected chi connectivity index (χ1v) is 9.00. The van der Waals surface area contributed by atoms with Crippen LogP contribution in [0.4, 0.5) is 0 Å². The smallest absolute Gasteiger partial charge is 0.242 e. The Balaban J connectivity index is 1.60. The van der Waals surface area contributed by atoms with Crippen LogP contribution in [0.5, 0.6) is 5.75 Å². The Morgan fingerprint density at radius 1 is 1.12 bits per heavy atom. The number of rotatable bonds is 7. The largest absolute Gasteiger partial charge is 0.473 e. The fourth-order valence-electron chi connectivity index (χ4n) is 3.31. The van der Waals surface area contributed by atoms with E-state index in [1.54, 1.807) is 0 Å². The Hall–Kier alpha value is -2.11. The quantitative estimate of drug-likeness (QED) is 0.786. The normalized spacial score (nSPS) is 18.7. The highest BCUT2D eigenvalue weighted by Gasteiger charge is 2.32. The van der Waals surface area contributed by atoms with Crippen LogP contribution >= 0.6 is 0 Å². The average Bonchev–Trinajstić information content (AvgIpc) is 2.63. The first kappa shape index (κ1) is 17.7. The van der Waals surface area contributed by atoms with Crippen molar-refractivity contribution in [2.45, 2.75) is 25.3 Å². The lowest BCUT2D eigenvalue weighted by Gasteiger charge is -2.38. The lowest BCUT2D eigenvalue weighted by molar-refractivity contribution is -0.144. The zero-order chi connectivity index (χ0) is 17.6. The fraction of sp³-hybridized carbons (Fsp3) is 0.450. The highest BCUT2D eigenvalue weighted by molar-refractivity contribution is 5.84. The van der Waals surface area contributed by atoms with Crippen molar-refractivity contribution in [1.29, 1.82) is 0 Å². The molecule has 5 heteroatoms. The molecule has 2 aromatic carbocycles. The number of hydrogen-bond donors (Lipinski definition) is 1. The molecule has 0 spiro atoms. The number of unbranched alkanes of at least 4 members (excludes halogenated alkanes) is 1. The van der Waals surface area contributed by atoms with E-state index < -0.39 is 0 Å². The summed E-state index contributed by atoms with van der Waals surface area (Å²) in [4.78, 5) is 16.7. The summed E-state index contributed by atoms with van der Waals surface area (Å²) in [5, 5.41) is 2.33. The molecule has 0 radical (unpaired) electrons. The molecule has 0 aliphatic carbocycles. The third-order valence-electron chi connectivity index (χ3n) is 4.89. The minimum atomic E-state index is -0.0551. The summed E-state index contributed by atoms with van der Waals surface area (Å²) in [5.41, 5.74) is 5.56. The van der Waals surface area contributed by atoms with Gasteiger partial charge in [0.2, 0.25) is 5.91 Å². The molecular formula is C20H27N3O2. The summed E-state index contributed by atoms with van der Waals surface area (Å²) >= 11 is 0. The zero-order valence-corrected chi connectivity index (χ0v) is 14.9. The molecule has 1 amide bonds. The van der Waals surface area contributed by atoms with Gasteiger partial charge in [0.15, 0.2) is 6.73 Å². The molecule has 0 aromatic heterocycles. The number of nitrogens with two attached hydrogens (primary N) is 1. The minimum Gasteiger partial charge on any atom is -0.473 e. The van der Waals surface area contributed by atoms with E-state index in [2.05, 4.69) is 17.0 Å². The van der Waals surface area contributed by atoms with Gasteiger partial charge in [0.05, 0.1) is 6.04 Å². The molecule has 1 heterocycles. The van der Waals surface area contributed by atoms with Crippen molar-refractivity contribution in [3.05, 3.63) is 42.5 Å². The van der Waals surface area contributed by atoms with Crippen molar-refractivity contribution < 1.29 is 9.53 Å². The van der Waals surface area contributed by atoms with E-state index in [9.17, 15) is 4.79 Å². The topological polar surface area (TPSA) is 58.8 Å². The van der Waals surface area contributed by atoms with Gasteiger partial charge in [-0.25, -0.2) is 0 Å². The van der Waals surface area contributed by atoms with Crippen molar-refractivity contribution >= 4 is 16.7 Å². The summed E-state index contributed by atoms with van der Waals surface area (Å²) in [6.07, 6.45) is 2.81. The van der Waals surface area contributed by atoms with E-state index >= 15 is 0 Å². The van der Waals surface area contributed by atoms with Crippen LogP contribution in [0, 0.1) is 0 Å². The van der Waals surface area contributed by atoms with Crippen LogP contribution in [0.25, 0.3) is 10.8 Å². The van der Waals surface area contributed by atoms with Crippen LogP contribution in [0.15, 0.2) is 42.5 Å². The molecular weight excluding hydrogens is 314 g/mol. The molecule has 1 aliphatic rings. The highest BCUT2D eigenvalue weighted by Crippen LogP contribution is 2.21. The summed E-state index contributed by atoms with van der Waals surface area (Å²) in [6.45, 7) is 2.56. The van der Waals surface area contributed by atoms with Gasteiger partial charge in [0.1, 0.15) is 5.75 Å². The van der Waals surface area contributed by atoms with E-state index in [1.165, 1.54) is 5.39 Å². The molecule has 134 valence electrons. The van der Waals surface area contributed by atoms with Gasteiger partial charge in [-0.15, -0.1) is 0 Å². The Morgan fingerprint density at radius 3 is 2.72 bits per heavy atom. The summed E-state index contributed by atoms with van der Waals surface area (Å²) in [7, 11) is 2.02. The van der Waals surface area contributed by atoms with Crippen LogP contribution in [0.1, 0.15) is 19.3 Å². The number of likely N-dealkylation sites (N-methyl/N-ethyl adjacent to an activating group) is 1. The molecule has 5 nitrogen and oxygen atoms in total. The standard InChI is InChI=1S/C20H27N3O2/c1-22-12-13-23(20(24)19(22)8-4-5-11-21)15-25-18-10-9-16-6-2-3-7-17(16)14-18/h2-3,6-7,9-10,14,19H,4-5,8,11-13,15,21H2,1H3/t19-/m0/s1. The third-order valence-corrected chi connectivity index (χ3v) is 4.89. The van der Waals surface area contributed by atoms with Crippen molar-refractivity contribution in [2.24, 2.45) is 5.73 Å². The molecule has 0 saturated carbocycles.